The molecule has 11 aromatic rings. The minimum absolute atomic E-state index is 0.885. The SMILES string of the molecule is c1ccc(N(c2ccccc2)c2cccc(-c3cccc(-c4cc(-c5cccc6c5oc5ccccc56)cc(-c5cccc6c5oc5ccccc56)c4)c3)c2)cc1. The maximum Gasteiger partial charge on any atom is 0.143 e. The average molecular weight is 730 g/mol. The van der Waals surface area contributed by atoms with Crippen molar-refractivity contribution in [2.45, 2.75) is 0 Å². The van der Waals surface area contributed by atoms with Crippen LogP contribution in [0.2, 0.25) is 0 Å². The van der Waals surface area contributed by atoms with Crippen LogP contribution in [0.5, 0.6) is 0 Å². The number of hydrogen-bond acceptors (Lipinski definition) is 3. The second kappa shape index (κ2) is 13.6. The smallest absolute Gasteiger partial charge is 0.143 e. The molecule has 0 bridgehead atoms. The van der Waals surface area contributed by atoms with Crippen LogP contribution in [0.4, 0.5) is 17.1 Å². The normalized spacial score (nSPS) is 11.5. The van der Waals surface area contributed by atoms with Crippen LogP contribution in [0.15, 0.2) is 221 Å². The van der Waals surface area contributed by atoms with E-state index < -0.39 is 0 Å². The molecule has 0 aliphatic carbocycles. The van der Waals surface area contributed by atoms with Gasteiger partial charge in [0.25, 0.3) is 0 Å². The van der Waals surface area contributed by atoms with Crippen molar-refractivity contribution in [2.24, 2.45) is 0 Å². The van der Waals surface area contributed by atoms with Crippen molar-refractivity contribution in [3.05, 3.63) is 212 Å². The van der Waals surface area contributed by atoms with Crippen LogP contribution < -0.4 is 4.90 Å². The van der Waals surface area contributed by atoms with E-state index in [1.807, 2.05) is 24.3 Å². The van der Waals surface area contributed by atoms with E-state index in [2.05, 4.69) is 193 Å². The molecule has 0 saturated carbocycles. The van der Waals surface area contributed by atoms with E-state index in [9.17, 15) is 0 Å². The summed E-state index contributed by atoms with van der Waals surface area (Å²) in [6.07, 6.45) is 0. The van der Waals surface area contributed by atoms with Gasteiger partial charge in [-0.2, -0.15) is 0 Å². The van der Waals surface area contributed by atoms with Gasteiger partial charge in [-0.1, -0.05) is 140 Å². The van der Waals surface area contributed by atoms with Crippen LogP contribution in [0.25, 0.3) is 88.4 Å². The summed E-state index contributed by atoms with van der Waals surface area (Å²) in [4.78, 5) is 2.31. The fraction of sp³-hybridized carbons (Fsp3) is 0. The van der Waals surface area contributed by atoms with Crippen molar-refractivity contribution in [2.75, 3.05) is 4.90 Å². The number of anilines is 3. The Labute approximate surface area is 330 Å². The molecule has 268 valence electrons. The molecule has 0 fully saturated rings. The molecular formula is C54H35NO2. The molecule has 2 aromatic heterocycles. The molecule has 3 heteroatoms. The third kappa shape index (κ3) is 5.76. The summed E-state index contributed by atoms with van der Waals surface area (Å²) in [6, 6.07) is 75.1. The zero-order chi connectivity index (χ0) is 37.7. The second-order valence-electron chi connectivity index (χ2n) is 14.5. The van der Waals surface area contributed by atoms with E-state index in [4.69, 9.17) is 8.83 Å². The molecule has 0 amide bonds. The minimum Gasteiger partial charge on any atom is -0.455 e. The van der Waals surface area contributed by atoms with Gasteiger partial charge in [0, 0.05) is 49.7 Å². The third-order valence-electron chi connectivity index (χ3n) is 11.0. The molecule has 57 heavy (non-hydrogen) atoms. The Balaban J connectivity index is 1.08. The molecule has 0 atom stereocenters. The monoisotopic (exact) mass is 729 g/mol. The second-order valence-corrected chi connectivity index (χ2v) is 14.5. The largest absolute Gasteiger partial charge is 0.455 e. The van der Waals surface area contributed by atoms with Gasteiger partial charge in [0.05, 0.1) is 0 Å². The standard InChI is InChI=1S/C54H35NO2/c1-3-18-42(19-4-1)55(43-20-5-2-6-21-43)44-22-12-17-38(35-44)36-15-11-16-37(31-36)39-32-40(45-25-13-27-49-47-23-7-9-29-51(47)56-53(45)49)34-41(33-39)46-26-14-28-50-48-24-8-10-30-52(48)57-54(46)50/h1-35H. The van der Waals surface area contributed by atoms with Crippen molar-refractivity contribution in [1.82, 2.24) is 0 Å². The summed E-state index contributed by atoms with van der Waals surface area (Å²) >= 11 is 0. The number of fused-ring (bicyclic) bond motifs is 6. The number of rotatable bonds is 7. The summed E-state index contributed by atoms with van der Waals surface area (Å²) in [6.45, 7) is 0. The van der Waals surface area contributed by atoms with Gasteiger partial charge in [0.1, 0.15) is 22.3 Å². The van der Waals surface area contributed by atoms with Gasteiger partial charge in [-0.15, -0.1) is 0 Å². The molecule has 3 nitrogen and oxygen atoms in total. The molecule has 0 aliphatic heterocycles. The fourth-order valence-corrected chi connectivity index (χ4v) is 8.36. The Bertz CT molecular complexity index is 3080. The lowest BCUT2D eigenvalue weighted by molar-refractivity contribution is 0.670. The van der Waals surface area contributed by atoms with Crippen molar-refractivity contribution in [3.8, 4) is 44.5 Å². The zero-order valence-electron chi connectivity index (χ0n) is 31.0. The van der Waals surface area contributed by atoms with Crippen molar-refractivity contribution >= 4 is 60.9 Å². The summed E-state index contributed by atoms with van der Waals surface area (Å²) in [7, 11) is 0. The zero-order valence-corrected chi connectivity index (χ0v) is 31.0. The van der Waals surface area contributed by atoms with E-state index in [0.29, 0.717) is 0 Å². The van der Waals surface area contributed by atoms with Crippen LogP contribution >= 0.6 is 0 Å². The number of para-hydroxylation sites is 6. The van der Waals surface area contributed by atoms with E-state index >= 15 is 0 Å². The van der Waals surface area contributed by atoms with Crippen LogP contribution in [0.1, 0.15) is 0 Å². The molecule has 0 radical (unpaired) electrons. The summed E-state index contributed by atoms with van der Waals surface area (Å²) in [5.74, 6) is 0. The Kier molecular flexibility index (Phi) is 7.82. The number of nitrogens with zero attached hydrogens (tertiary/aromatic N) is 1. The number of furan rings is 2. The maximum absolute atomic E-state index is 6.59. The molecular weight excluding hydrogens is 695 g/mol. The molecule has 11 rings (SSSR count). The highest BCUT2D eigenvalue weighted by atomic mass is 16.3. The molecule has 2 heterocycles. The van der Waals surface area contributed by atoms with E-state index in [1.165, 1.54) is 0 Å². The Morgan fingerprint density at radius 3 is 1.21 bits per heavy atom. The third-order valence-corrected chi connectivity index (χ3v) is 11.0. The first kappa shape index (κ1) is 32.8. The maximum atomic E-state index is 6.59. The van der Waals surface area contributed by atoms with Gasteiger partial charge in [-0.3, -0.25) is 0 Å². The van der Waals surface area contributed by atoms with Crippen molar-refractivity contribution in [3.63, 3.8) is 0 Å². The summed E-state index contributed by atoms with van der Waals surface area (Å²) in [5.41, 5.74) is 15.6. The lowest BCUT2D eigenvalue weighted by atomic mass is 9.91. The van der Waals surface area contributed by atoms with Crippen molar-refractivity contribution < 1.29 is 8.83 Å². The molecule has 0 spiro atoms. The van der Waals surface area contributed by atoms with Gasteiger partial charge in [0.15, 0.2) is 0 Å². The van der Waals surface area contributed by atoms with Crippen molar-refractivity contribution in [1.29, 1.82) is 0 Å². The molecule has 0 aliphatic rings. The Morgan fingerprint density at radius 2 is 0.649 bits per heavy atom. The Hall–Kier alpha value is -7.62. The lowest BCUT2D eigenvalue weighted by Gasteiger charge is -2.26. The van der Waals surface area contributed by atoms with Crippen LogP contribution in [-0.4, -0.2) is 0 Å². The van der Waals surface area contributed by atoms with Crippen LogP contribution in [0.3, 0.4) is 0 Å². The molecule has 0 saturated heterocycles. The highest BCUT2D eigenvalue weighted by Crippen LogP contribution is 2.43. The first-order chi connectivity index (χ1) is 28.2. The predicted octanol–water partition coefficient (Wildman–Crippen LogP) is 15.6. The lowest BCUT2D eigenvalue weighted by Crippen LogP contribution is -2.09. The first-order valence-corrected chi connectivity index (χ1v) is 19.3. The fourth-order valence-electron chi connectivity index (χ4n) is 8.36. The summed E-state index contributed by atoms with van der Waals surface area (Å²) < 4.78 is 13.2. The quantitative estimate of drug-likeness (QED) is 0.164. The minimum atomic E-state index is 0.885. The van der Waals surface area contributed by atoms with E-state index in [-0.39, 0.29) is 0 Å². The number of benzene rings is 9. The molecule has 0 unspecified atom stereocenters. The topological polar surface area (TPSA) is 29.5 Å². The highest BCUT2D eigenvalue weighted by Gasteiger charge is 2.18. The Morgan fingerprint density at radius 1 is 0.263 bits per heavy atom. The number of hydrogen-bond donors (Lipinski definition) is 0. The molecule has 9 aromatic carbocycles. The van der Waals surface area contributed by atoms with Crippen LogP contribution in [0, 0.1) is 0 Å². The first-order valence-electron chi connectivity index (χ1n) is 19.3. The highest BCUT2D eigenvalue weighted by molar-refractivity contribution is 6.11. The van der Waals surface area contributed by atoms with Gasteiger partial charge >= 0.3 is 0 Å². The summed E-state index contributed by atoms with van der Waals surface area (Å²) in [5, 5.41) is 4.45. The molecule has 0 N–H and O–H groups in total. The van der Waals surface area contributed by atoms with Gasteiger partial charge in [-0.05, 0) is 106 Å². The van der Waals surface area contributed by atoms with Gasteiger partial charge < -0.3 is 13.7 Å². The predicted molar refractivity (Wildman–Crippen MR) is 237 cm³/mol. The van der Waals surface area contributed by atoms with E-state index in [1.54, 1.807) is 0 Å². The van der Waals surface area contributed by atoms with Gasteiger partial charge in [-0.25, -0.2) is 0 Å². The average Bonchev–Trinajstić information content (AvgIpc) is 3.86. The van der Waals surface area contributed by atoms with Crippen LogP contribution in [-0.2, 0) is 0 Å². The van der Waals surface area contributed by atoms with Gasteiger partial charge in [0.2, 0.25) is 0 Å². The van der Waals surface area contributed by atoms with E-state index in [0.717, 1.165) is 105 Å².